The third kappa shape index (κ3) is 5.44. The van der Waals surface area contributed by atoms with Gasteiger partial charge in [-0.3, -0.25) is 4.79 Å². The smallest absolute Gasteiger partial charge is 0.253 e. The molecule has 0 aromatic heterocycles. The maximum atomic E-state index is 14.4. The van der Waals surface area contributed by atoms with Crippen molar-refractivity contribution in [3.63, 3.8) is 0 Å². The largest absolute Gasteiger partial charge is 0.493 e. The molecule has 2 aromatic carbocycles. The van der Waals surface area contributed by atoms with Crippen molar-refractivity contribution in [2.45, 2.75) is 50.3 Å². The Morgan fingerprint density at radius 2 is 1.62 bits per heavy atom. The summed E-state index contributed by atoms with van der Waals surface area (Å²) in [5, 5.41) is 9.66. The van der Waals surface area contributed by atoms with Gasteiger partial charge < -0.3 is 19.6 Å². The number of alkyl halides is 1. The number of amides is 1. The van der Waals surface area contributed by atoms with Gasteiger partial charge in [0.25, 0.3) is 5.91 Å². The number of halogens is 1. The molecule has 34 heavy (non-hydrogen) atoms. The number of hydrogen-bond acceptors (Lipinski definition) is 4. The number of piperidine rings is 1. The van der Waals surface area contributed by atoms with Gasteiger partial charge in [0, 0.05) is 25.2 Å². The molecular weight excluding hydrogens is 431 g/mol. The van der Waals surface area contributed by atoms with E-state index in [1.54, 1.807) is 4.90 Å². The van der Waals surface area contributed by atoms with Crippen molar-refractivity contribution < 1.29 is 19.0 Å². The molecule has 2 heterocycles. The molecule has 6 heteroatoms. The highest BCUT2D eigenvalue weighted by atomic mass is 19.1. The lowest BCUT2D eigenvalue weighted by atomic mass is 9.81. The standard InChI is InChI=1S/C28H35FN2O3/c29-28(13-1-14-28)20-30-15-10-21(11-16-30)19-34-26-8-6-23(7-9-26)22-2-4-24(5-3-22)27(33)31-17-12-25(32)18-31/h2-9,21,25,32H,1,10-20H2/t25-/m0/s1. The first kappa shape index (κ1) is 23.3. The molecule has 1 atom stereocenters. The van der Waals surface area contributed by atoms with Gasteiger partial charge in [-0.25, -0.2) is 4.39 Å². The van der Waals surface area contributed by atoms with Crippen LogP contribution in [0.2, 0.25) is 0 Å². The fourth-order valence-electron chi connectivity index (χ4n) is 5.30. The second-order valence-electron chi connectivity index (χ2n) is 10.3. The first-order valence-corrected chi connectivity index (χ1v) is 12.7. The van der Waals surface area contributed by atoms with Crippen LogP contribution >= 0.6 is 0 Å². The number of carbonyl (C=O) groups is 1. The molecule has 182 valence electrons. The van der Waals surface area contributed by atoms with Gasteiger partial charge in [0.15, 0.2) is 0 Å². The summed E-state index contributed by atoms with van der Waals surface area (Å²) in [4.78, 5) is 16.6. The number of benzene rings is 2. The van der Waals surface area contributed by atoms with Crippen LogP contribution in [0.4, 0.5) is 4.39 Å². The third-order valence-corrected chi connectivity index (χ3v) is 7.72. The molecule has 2 aromatic rings. The van der Waals surface area contributed by atoms with E-state index in [0.29, 0.717) is 44.1 Å². The Balaban J connectivity index is 1.09. The minimum Gasteiger partial charge on any atom is -0.493 e. The molecule has 0 bridgehead atoms. The normalized spacial score (nSPS) is 23.0. The first-order chi connectivity index (χ1) is 16.5. The number of β-amino-alcohol motifs (C(OH)–C–C–N with tert-alkyl or cyclic N) is 1. The monoisotopic (exact) mass is 466 g/mol. The average molecular weight is 467 g/mol. The zero-order valence-corrected chi connectivity index (χ0v) is 19.8. The summed E-state index contributed by atoms with van der Waals surface area (Å²) in [5.41, 5.74) is 1.86. The number of carbonyl (C=O) groups excluding carboxylic acids is 1. The van der Waals surface area contributed by atoms with Gasteiger partial charge in [0.1, 0.15) is 11.4 Å². The molecular formula is C28H35FN2O3. The van der Waals surface area contributed by atoms with Crippen LogP contribution in [-0.4, -0.2) is 71.9 Å². The van der Waals surface area contributed by atoms with Gasteiger partial charge in [-0.1, -0.05) is 24.3 Å². The SMILES string of the molecule is O=C(c1ccc(-c2ccc(OCC3CCN(CC4(F)CCC4)CC3)cc2)cc1)N1CC[C@H](O)C1. The zero-order chi connectivity index (χ0) is 23.5. The molecule has 1 amide bonds. The Morgan fingerprint density at radius 1 is 0.971 bits per heavy atom. The van der Waals surface area contributed by atoms with Crippen molar-refractivity contribution >= 4 is 5.91 Å². The lowest BCUT2D eigenvalue weighted by molar-refractivity contribution is 0.00740. The van der Waals surface area contributed by atoms with Gasteiger partial charge in [-0.15, -0.1) is 0 Å². The van der Waals surface area contributed by atoms with Gasteiger partial charge in [-0.05, 0) is 92.9 Å². The summed E-state index contributed by atoms with van der Waals surface area (Å²) < 4.78 is 20.4. The molecule has 1 N–H and O–H groups in total. The highest BCUT2D eigenvalue weighted by Crippen LogP contribution is 2.37. The number of aliphatic hydroxyl groups excluding tert-OH is 1. The Bertz CT molecular complexity index is 966. The molecule has 3 fully saturated rings. The fourth-order valence-corrected chi connectivity index (χ4v) is 5.30. The van der Waals surface area contributed by atoms with Crippen molar-refractivity contribution in [2.75, 3.05) is 39.3 Å². The van der Waals surface area contributed by atoms with Crippen LogP contribution in [0.1, 0.15) is 48.9 Å². The molecule has 3 aliphatic rings. The number of hydrogen-bond donors (Lipinski definition) is 1. The quantitative estimate of drug-likeness (QED) is 0.651. The number of rotatable bonds is 7. The summed E-state index contributed by atoms with van der Waals surface area (Å²) in [6.07, 6.45) is 4.88. The van der Waals surface area contributed by atoms with Crippen LogP contribution in [0, 0.1) is 5.92 Å². The van der Waals surface area contributed by atoms with E-state index in [4.69, 9.17) is 4.74 Å². The fraction of sp³-hybridized carbons (Fsp3) is 0.536. The zero-order valence-electron chi connectivity index (χ0n) is 19.8. The summed E-state index contributed by atoms with van der Waals surface area (Å²) >= 11 is 0. The highest BCUT2D eigenvalue weighted by Gasteiger charge is 2.39. The van der Waals surface area contributed by atoms with E-state index in [-0.39, 0.29) is 5.91 Å². The molecule has 0 radical (unpaired) electrons. The second kappa shape index (κ2) is 10.0. The number of likely N-dealkylation sites (tertiary alicyclic amines) is 2. The summed E-state index contributed by atoms with van der Waals surface area (Å²) in [6, 6.07) is 15.7. The van der Waals surface area contributed by atoms with Crippen LogP contribution in [0.15, 0.2) is 48.5 Å². The predicted octanol–water partition coefficient (Wildman–Crippen LogP) is 4.54. The number of aliphatic hydroxyl groups is 1. The molecule has 5 rings (SSSR count). The molecule has 2 aliphatic heterocycles. The number of ether oxygens (including phenoxy) is 1. The predicted molar refractivity (Wildman–Crippen MR) is 131 cm³/mol. The van der Waals surface area contributed by atoms with Crippen molar-refractivity contribution in [2.24, 2.45) is 5.92 Å². The van der Waals surface area contributed by atoms with E-state index in [0.717, 1.165) is 62.1 Å². The van der Waals surface area contributed by atoms with Crippen LogP contribution in [-0.2, 0) is 0 Å². The minimum atomic E-state index is -0.918. The van der Waals surface area contributed by atoms with Gasteiger partial charge in [0.2, 0.25) is 0 Å². The van der Waals surface area contributed by atoms with E-state index in [1.807, 2.05) is 48.5 Å². The third-order valence-electron chi connectivity index (χ3n) is 7.72. The maximum absolute atomic E-state index is 14.4. The van der Waals surface area contributed by atoms with E-state index in [1.165, 1.54) is 0 Å². The van der Waals surface area contributed by atoms with E-state index >= 15 is 0 Å². The van der Waals surface area contributed by atoms with Crippen LogP contribution in [0.25, 0.3) is 11.1 Å². The van der Waals surface area contributed by atoms with E-state index in [9.17, 15) is 14.3 Å². The summed E-state index contributed by atoms with van der Waals surface area (Å²) in [6.45, 7) is 4.28. The van der Waals surface area contributed by atoms with Crippen LogP contribution < -0.4 is 4.74 Å². The summed E-state index contributed by atoms with van der Waals surface area (Å²) in [7, 11) is 0. The lowest BCUT2D eigenvalue weighted by Gasteiger charge is -2.41. The Morgan fingerprint density at radius 3 is 2.18 bits per heavy atom. The van der Waals surface area contributed by atoms with Crippen molar-refractivity contribution in [1.82, 2.24) is 9.80 Å². The maximum Gasteiger partial charge on any atom is 0.253 e. The topological polar surface area (TPSA) is 53.0 Å². The van der Waals surface area contributed by atoms with Gasteiger partial charge in [-0.2, -0.15) is 0 Å². The van der Waals surface area contributed by atoms with Crippen molar-refractivity contribution in [3.05, 3.63) is 54.1 Å². The Labute approximate surface area is 201 Å². The van der Waals surface area contributed by atoms with E-state index in [2.05, 4.69) is 4.90 Å². The van der Waals surface area contributed by atoms with Crippen molar-refractivity contribution in [3.8, 4) is 16.9 Å². The molecule has 1 aliphatic carbocycles. The number of nitrogens with zero attached hydrogens (tertiary/aromatic N) is 2. The Kier molecular flexibility index (Phi) is 6.89. The highest BCUT2D eigenvalue weighted by molar-refractivity contribution is 5.95. The molecule has 0 unspecified atom stereocenters. The summed E-state index contributed by atoms with van der Waals surface area (Å²) in [5.74, 6) is 1.36. The second-order valence-corrected chi connectivity index (χ2v) is 10.3. The molecule has 1 saturated carbocycles. The molecule has 0 spiro atoms. The first-order valence-electron chi connectivity index (χ1n) is 12.7. The molecule has 5 nitrogen and oxygen atoms in total. The average Bonchev–Trinajstić information content (AvgIpc) is 3.29. The Hall–Kier alpha value is -2.44. The minimum absolute atomic E-state index is 0.0232. The lowest BCUT2D eigenvalue weighted by Crippen LogP contribution is -2.47. The van der Waals surface area contributed by atoms with Gasteiger partial charge in [0.05, 0.1) is 12.7 Å². The van der Waals surface area contributed by atoms with Crippen LogP contribution in [0.3, 0.4) is 0 Å². The van der Waals surface area contributed by atoms with Crippen molar-refractivity contribution in [1.29, 1.82) is 0 Å². The molecule has 2 saturated heterocycles. The van der Waals surface area contributed by atoms with Gasteiger partial charge >= 0.3 is 0 Å². The van der Waals surface area contributed by atoms with E-state index < -0.39 is 11.8 Å². The van der Waals surface area contributed by atoms with Crippen LogP contribution in [0.5, 0.6) is 5.75 Å².